The molecule has 0 bridgehead atoms. The summed E-state index contributed by atoms with van der Waals surface area (Å²) in [5.74, 6) is 1.10. The summed E-state index contributed by atoms with van der Waals surface area (Å²) in [6.07, 6.45) is 14.1. The van der Waals surface area contributed by atoms with Gasteiger partial charge in [0.1, 0.15) is 5.67 Å². The monoisotopic (exact) mass is 351 g/mol. The number of fused-ring (bicyclic) bond motifs is 2. The molecular weight excluding hydrogens is 333 g/mol. The van der Waals surface area contributed by atoms with Gasteiger partial charge in [-0.2, -0.15) is 0 Å². The predicted molar refractivity (Wildman–Crippen MR) is 95.8 cm³/mol. The van der Waals surface area contributed by atoms with Gasteiger partial charge in [-0.1, -0.05) is 12.8 Å². The molecule has 1 aliphatic carbocycles. The Morgan fingerprint density at radius 3 is 2.88 bits per heavy atom. The molecule has 1 saturated carbocycles. The van der Waals surface area contributed by atoms with Crippen LogP contribution in [0.25, 0.3) is 22.4 Å². The fourth-order valence-electron chi connectivity index (χ4n) is 3.60. The van der Waals surface area contributed by atoms with Crippen LogP contribution in [0.3, 0.4) is 0 Å². The molecule has 1 aliphatic rings. The van der Waals surface area contributed by atoms with E-state index in [4.69, 9.17) is 0 Å². The third kappa shape index (κ3) is 2.58. The molecular formula is C18H18FN7. The van der Waals surface area contributed by atoms with E-state index in [0.717, 1.165) is 29.5 Å². The van der Waals surface area contributed by atoms with E-state index in [2.05, 4.69) is 25.4 Å². The van der Waals surface area contributed by atoms with E-state index in [9.17, 15) is 4.39 Å². The van der Waals surface area contributed by atoms with Crippen LogP contribution in [0.15, 0.2) is 43.2 Å². The van der Waals surface area contributed by atoms with Crippen LogP contribution in [-0.2, 0) is 0 Å². The summed E-state index contributed by atoms with van der Waals surface area (Å²) in [6.45, 7) is 0.258. The summed E-state index contributed by atoms with van der Waals surface area (Å²) in [6, 6.07) is 1.97. The third-order valence-corrected chi connectivity index (χ3v) is 5.04. The van der Waals surface area contributed by atoms with Crippen LogP contribution in [0.4, 0.5) is 10.3 Å². The zero-order valence-corrected chi connectivity index (χ0v) is 14.1. The van der Waals surface area contributed by atoms with Crippen molar-refractivity contribution in [2.24, 2.45) is 0 Å². The van der Waals surface area contributed by atoms with E-state index < -0.39 is 5.67 Å². The second-order valence-corrected chi connectivity index (χ2v) is 6.83. The lowest BCUT2D eigenvalue weighted by atomic mass is 10.1. The summed E-state index contributed by atoms with van der Waals surface area (Å²) >= 11 is 0. The topological polar surface area (TPSA) is 72.4 Å². The molecule has 4 aromatic rings. The molecule has 0 amide bonds. The standard InChI is InChI=1S/C18H18FN7/c19-18(4-1-2-5-18)12-23-16-21-10-15-14(3-7-26(15)24-16)13-9-22-17-20-6-8-25(17)11-13/h3,6-11H,1-2,4-5,12H2,(H,23,24). The summed E-state index contributed by atoms with van der Waals surface area (Å²) in [4.78, 5) is 12.9. The van der Waals surface area contributed by atoms with E-state index in [-0.39, 0.29) is 6.54 Å². The molecule has 1 fully saturated rings. The molecule has 0 aromatic carbocycles. The van der Waals surface area contributed by atoms with Gasteiger partial charge < -0.3 is 5.32 Å². The van der Waals surface area contributed by atoms with E-state index >= 15 is 0 Å². The quantitative estimate of drug-likeness (QED) is 0.611. The molecule has 7 nitrogen and oxygen atoms in total. The average molecular weight is 351 g/mol. The summed E-state index contributed by atoms with van der Waals surface area (Å²) in [5.41, 5.74) is 1.67. The number of hydrogen-bond donors (Lipinski definition) is 1. The van der Waals surface area contributed by atoms with Gasteiger partial charge >= 0.3 is 0 Å². The van der Waals surface area contributed by atoms with E-state index in [1.807, 2.05) is 29.1 Å². The van der Waals surface area contributed by atoms with Crippen molar-refractivity contribution in [2.45, 2.75) is 31.4 Å². The van der Waals surface area contributed by atoms with E-state index in [0.29, 0.717) is 24.6 Å². The second-order valence-electron chi connectivity index (χ2n) is 6.83. The van der Waals surface area contributed by atoms with Crippen LogP contribution >= 0.6 is 0 Å². The van der Waals surface area contributed by atoms with Crippen molar-refractivity contribution < 1.29 is 4.39 Å². The molecule has 0 atom stereocenters. The van der Waals surface area contributed by atoms with Gasteiger partial charge in [0.2, 0.25) is 11.7 Å². The van der Waals surface area contributed by atoms with Gasteiger partial charge in [0.15, 0.2) is 0 Å². The first-order valence-electron chi connectivity index (χ1n) is 8.77. The van der Waals surface area contributed by atoms with Crippen molar-refractivity contribution in [1.29, 1.82) is 0 Å². The van der Waals surface area contributed by atoms with Crippen molar-refractivity contribution in [3.05, 3.63) is 43.2 Å². The van der Waals surface area contributed by atoms with Gasteiger partial charge in [-0.25, -0.2) is 23.9 Å². The molecule has 5 rings (SSSR count). The fourth-order valence-corrected chi connectivity index (χ4v) is 3.60. The maximum Gasteiger partial charge on any atom is 0.241 e. The van der Waals surface area contributed by atoms with Gasteiger partial charge in [0.05, 0.1) is 18.3 Å². The minimum absolute atomic E-state index is 0.258. The summed E-state index contributed by atoms with van der Waals surface area (Å²) in [5, 5.41) is 7.50. The zero-order valence-electron chi connectivity index (χ0n) is 14.1. The lowest BCUT2D eigenvalue weighted by Gasteiger charge is -2.19. The maximum absolute atomic E-state index is 14.5. The molecule has 4 aromatic heterocycles. The first-order chi connectivity index (χ1) is 12.7. The van der Waals surface area contributed by atoms with Gasteiger partial charge in [-0.3, -0.25) is 4.40 Å². The number of anilines is 1. The SMILES string of the molecule is FC1(CNc2ncc3c(-c4cnc5nccn5c4)ccn3n2)CCCC1. The molecule has 0 spiro atoms. The number of nitrogens with one attached hydrogen (secondary N) is 1. The Labute approximate surface area is 148 Å². The molecule has 8 heteroatoms. The highest BCUT2D eigenvalue weighted by Crippen LogP contribution is 2.33. The van der Waals surface area contributed by atoms with Gasteiger partial charge in [-0.15, -0.1) is 5.10 Å². The molecule has 0 saturated heterocycles. The average Bonchev–Trinajstić information content (AvgIpc) is 3.38. The van der Waals surface area contributed by atoms with E-state index in [1.165, 1.54) is 0 Å². The number of imidazole rings is 1. The van der Waals surface area contributed by atoms with Crippen molar-refractivity contribution >= 4 is 17.2 Å². The van der Waals surface area contributed by atoms with Crippen LogP contribution in [0, 0.1) is 0 Å². The largest absolute Gasteiger partial charge is 0.350 e. The highest BCUT2D eigenvalue weighted by atomic mass is 19.1. The summed E-state index contributed by atoms with van der Waals surface area (Å²) in [7, 11) is 0. The Kier molecular flexibility index (Phi) is 3.37. The lowest BCUT2D eigenvalue weighted by Crippen LogP contribution is -2.29. The van der Waals surface area contributed by atoms with Gasteiger partial charge in [-0.05, 0) is 18.9 Å². The highest BCUT2D eigenvalue weighted by Gasteiger charge is 2.33. The number of halogens is 1. The van der Waals surface area contributed by atoms with Gasteiger partial charge in [0.25, 0.3) is 0 Å². The number of alkyl halides is 1. The van der Waals surface area contributed by atoms with Crippen LogP contribution in [0.2, 0.25) is 0 Å². The Morgan fingerprint density at radius 2 is 2.00 bits per heavy atom. The minimum Gasteiger partial charge on any atom is -0.350 e. The number of nitrogens with zero attached hydrogens (tertiary/aromatic N) is 6. The lowest BCUT2D eigenvalue weighted by molar-refractivity contribution is 0.189. The fraction of sp³-hybridized carbons (Fsp3) is 0.333. The number of hydrogen-bond acceptors (Lipinski definition) is 5. The molecule has 26 heavy (non-hydrogen) atoms. The zero-order chi connectivity index (χ0) is 17.6. The van der Waals surface area contributed by atoms with Crippen LogP contribution < -0.4 is 5.32 Å². The first-order valence-corrected chi connectivity index (χ1v) is 8.77. The minimum atomic E-state index is -1.13. The Balaban J connectivity index is 1.43. The maximum atomic E-state index is 14.5. The van der Waals surface area contributed by atoms with Crippen molar-refractivity contribution in [2.75, 3.05) is 11.9 Å². The second kappa shape index (κ2) is 5.76. The normalized spacial score (nSPS) is 16.5. The van der Waals surface area contributed by atoms with Gasteiger partial charge in [0, 0.05) is 42.1 Å². The number of rotatable bonds is 4. The predicted octanol–water partition coefficient (Wildman–Crippen LogP) is 3.13. The Morgan fingerprint density at radius 1 is 1.12 bits per heavy atom. The molecule has 0 aliphatic heterocycles. The third-order valence-electron chi connectivity index (χ3n) is 5.04. The Hall–Kier alpha value is -3.03. The smallest absolute Gasteiger partial charge is 0.241 e. The van der Waals surface area contributed by atoms with Crippen LogP contribution in [0.1, 0.15) is 25.7 Å². The number of aromatic nitrogens is 6. The van der Waals surface area contributed by atoms with Crippen LogP contribution in [-0.4, -0.2) is 41.2 Å². The van der Waals surface area contributed by atoms with Crippen molar-refractivity contribution in [3.63, 3.8) is 0 Å². The molecule has 0 unspecified atom stereocenters. The molecule has 132 valence electrons. The van der Waals surface area contributed by atoms with Crippen LogP contribution in [0.5, 0.6) is 0 Å². The summed E-state index contributed by atoms with van der Waals surface area (Å²) < 4.78 is 18.1. The van der Waals surface area contributed by atoms with Crippen molar-refractivity contribution in [3.8, 4) is 11.1 Å². The van der Waals surface area contributed by atoms with Crippen molar-refractivity contribution in [1.82, 2.24) is 29.0 Å². The van der Waals surface area contributed by atoms with E-state index in [1.54, 1.807) is 23.1 Å². The molecule has 1 N–H and O–H groups in total. The highest BCUT2D eigenvalue weighted by molar-refractivity contribution is 5.79. The molecule has 0 radical (unpaired) electrons. The Bertz CT molecular complexity index is 1080. The molecule has 4 heterocycles. The first kappa shape index (κ1) is 15.2.